The van der Waals surface area contributed by atoms with E-state index in [-0.39, 0.29) is 17.1 Å². The maximum atomic E-state index is 11.6. The van der Waals surface area contributed by atoms with Crippen LogP contribution in [0.3, 0.4) is 0 Å². The SMILES string of the molecule is COc1ccc(B(O)O)cc1C=NN=C1NC(=O)C(CC(=O)O)S1. The monoisotopic (exact) mass is 351 g/mol. The number of ether oxygens (including phenoxy) is 1. The molecule has 0 aliphatic carbocycles. The number of carboxylic acids is 1. The largest absolute Gasteiger partial charge is 0.496 e. The minimum atomic E-state index is -1.63. The van der Waals surface area contributed by atoms with Crippen LogP contribution in [-0.4, -0.2) is 57.9 Å². The summed E-state index contributed by atoms with van der Waals surface area (Å²) < 4.78 is 5.14. The predicted molar refractivity (Wildman–Crippen MR) is 89.6 cm³/mol. The van der Waals surface area contributed by atoms with E-state index in [0.29, 0.717) is 11.3 Å². The molecule has 0 saturated carbocycles. The maximum absolute atomic E-state index is 11.6. The summed E-state index contributed by atoms with van der Waals surface area (Å²) in [7, 11) is -0.173. The molecule has 1 heterocycles. The first-order valence-corrected chi connectivity index (χ1v) is 7.63. The molecule has 4 N–H and O–H groups in total. The van der Waals surface area contributed by atoms with E-state index in [4.69, 9.17) is 9.84 Å². The van der Waals surface area contributed by atoms with Crippen molar-refractivity contribution in [2.24, 2.45) is 10.2 Å². The van der Waals surface area contributed by atoms with Gasteiger partial charge in [0, 0.05) is 5.56 Å². The number of rotatable bonds is 6. The topological polar surface area (TPSA) is 141 Å². The molecule has 11 heteroatoms. The summed E-state index contributed by atoms with van der Waals surface area (Å²) in [6.07, 6.45) is 1.03. The van der Waals surface area contributed by atoms with Gasteiger partial charge in [-0.25, -0.2) is 0 Å². The number of amidine groups is 1. The molecule has 1 saturated heterocycles. The third-order valence-electron chi connectivity index (χ3n) is 3.03. The first-order chi connectivity index (χ1) is 11.4. The predicted octanol–water partition coefficient (Wildman–Crippen LogP) is -1.23. The van der Waals surface area contributed by atoms with Gasteiger partial charge in [0.2, 0.25) is 5.91 Å². The van der Waals surface area contributed by atoms with E-state index in [1.807, 2.05) is 0 Å². The van der Waals surface area contributed by atoms with Gasteiger partial charge >= 0.3 is 13.1 Å². The van der Waals surface area contributed by atoms with Crippen molar-refractivity contribution >= 4 is 47.6 Å². The summed E-state index contributed by atoms with van der Waals surface area (Å²) in [5.41, 5.74) is 0.721. The molecule has 0 aromatic heterocycles. The number of aliphatic carboxylic acids is 1. The van der Waals surface area contributed by atoms with Crippen molar-refractivity contribution in [1.29, 1.82) is 0 Å². The molecule has 1 atom stereocenters. The zero-order chi connectivity index (χ0) is 17.7. The first-order valence-electron chi connectivity index (χ1n) is 6.75. The van der Waals surface area contributed by atoms with Crippen molar-refractivity contribution in [3.8, 4) is 5.75 Å². The van der Waals surface area contributed by atoms with Crippen LogP contribution >= 0.6 is 11.8 Å². The summed E-state index contributed by atoms with van der Waals surface area (Å²) in [6, 6.07) is 4.52. The highest BCUT2D eigenvalue weighted by atomic mass is 32.2. The summed E-state index contributed by atoms with van der Waals surface area (Å²) in [4.78, 5) is 22.2. The fraction of sp³-hybridized carbons (Fsp3) is 0.231. The smallest absolute Gasteiger partial charge is 0.488 e. The van der Waals surface area contributed by atoms with Crippen molar-refractivity contribution in [2.45, 2.75) is 11.7 Å². The lowest BCUT2D eigenvalue weighted by Gasteiger charge is -2.06. The lowest BCUT2D eigenvalue weighted by atomic mass is 9.79. The van der Waals surface area contributed by atoms with Crippen LogP contribution in [0.15, 0.2) is 28.4 Å². The molecule has 1 aliphatic rings. The van der Waals surface area contributed by atoms with Gasteiger partial charge in [-0.3, -0.25) is 9.59 Å². The molecule has 1 aliphatic heterocycles. The molecule has 9 nitrogen and oxygen atoms in total. The van der Waals surface area contributed by atoms with Gasteiger partial charge in [-0.05, 0) is 17.6 Å². The second kappa shape index (κ2) is 7.95. The Balaban J connectivity index is 2.12. The number of hydrogen-bond donors (Lipinski definition) is 4. The third-order valence-corrected chi connectivity index (χ3v) is 4.11. The van der Waals surface area contributed by atoms with Crippen molar-refractivity contribution in [3.63, 3.8) is 0 Å². The van der Waals surface area contributed by atoms with E-state index in [2.05, 4.69) is 15.5 Å². The highest BCUT2D eigenvalue weighted by Crippen LogP contribution is 2.22. The standard InChI is InChI=1S/C13H14BN3O6S/c1-23-9-3-2-8(14(21)22)4-7(9)6-15-17-13-16-12(20)10(24-13)5-11(18)19/h2-4,6,10,21-22H,5H2,1H3,(H,18,19)(H,16,17,20). The number of nitrogens with zero attached hydrogens (tertiary/aromatic N) is 2. The minimum Gasteiger partial charge on any atom is -0.496 e. The van der Waals surface area contributed by atoms with Gasteiger partial charge in [0.15, 0.2) is 5.17 Å². The average Bonchev–Trinajstić information content (AvgIpc) is 2.86. The average molecular weight is 351 g/mol. The molecule has 1 aromatic carbocycles. The molecule has 1 unspecified atom stereocenters. The highest BCUT2D eigenvalue weighted by Gasteiger charge is 2.32. The van der Waals surface area contributed by atoms with Gasteiger partial charge in [-0.1, -0.05) is 17.8 Å². The van der Waals surface area contributed by atoms with E-state index in [0.717, 1.165) is 11.8 Å². The van der Waals surface area contributed by atoms with E-state index in [9.17, 15) is 19.6 Å². The van der Waals surface area contributed by atoms with E-state index in [1.165, 1.54) is 25.5 Å². The van der Waals surface area contributed by atoms with Crippen LogP contribution < -0.4 is 15.5 Å². The van der Waals surface area contributed by atoms with Crippen LogP contribution in [0.2, 0.25) is 0 Å². The van der Waals surface area contributed by atoms with Crippen LogP contribution in [0, 0.1) is 0 Å². The number of nitrogens with one attached hydrogen (secondary N) is 1. The number of hydrogen-bond acceptors (Lipinski definition) is 8. The van der Waals surface area contributed by atoms with Gasteiger partial charge in [-0.2, -0.15) is 5.10 Å². The number of thioether (sulfide) groups is 1. The quantitative estimate of drug-likeness (QED) is 0.286. The van der Waals surface area contributed by atoms with Crippen molar-refractivity contribution < 1.29 is 29.5 Å². The molecular weight excluding hydrogens is 337 g/mol. The first kappa shape index (κ1) is 18.0. The van der Waals surface area contributed by atoms with Crippen LogP contribution in [0.25, 0.3) is 0 Å². The molecule has 0 radical (unpaired) electrons. The summed E-state index contributed by atoms with van der Waals surface area (Å²) >= 11 is 0.984. The molecule has 24 heavy (non-hydrogen) atoms. The second-order valence-electron chi connectivity index (χ2n) is 4.72. The van der Waals surface area contributed by atoms with Gasteiger partial charge in [0.25, 0.3) is 0 Å². The van der Waals surface area contributed by atoms with Crippen LogP contribution in [0.4, 0.5) is 0 Å². The van der Waals surface area contributed by atoms with Gasteiger partial charge in [-0.15, -0.1) is 5.10 Å². The highest BCUT2D eigenvalue weighted by molar-refractivity contribution is 8.15. The minimum absolute atomic E-state index is 0.194. The van der Waals surface area contributed by atoms with E-state index >= 15 is 0 Å². The van der Waals surface area contributed by atoms with Gasteiger partial charge < -0.3 is 25.2 Å². The number of benzene rings is 1. The molecule has 1 fully saturated rings. The fourth-order valence-corrected chi connectivity index (χ4v) is 2.82. The lowest BCUT2D eigenvalue weighted by Crippen LogP contribution is -2.30. The Morgan fingerprint density at radius 2 is 2.25 bits per heavy atom. The van der Waals surface area contributed by atoms with Gasteiger partial charge in [0.05, 0.1) is 19.7 Å². The normalized spacial score (nSPS) is 18.9. The Kier molecular flexibility index (Phi) is 5.96. The Morgan fingerprint density at radius 3 is 2.88 bits per heavy atom. The lowest BCUT2D eigenvalue weighted by molar-refractivity contribution is -0.138. The summed E-state index contributed by atoms with van der Waals surface area (Å²) in [5.74, 6) is -1.05. The zero-order valence-corrected chi connectivity index (χ0v) is 13.4. The Hall–Kier alpha value is -2.37. The van der Waals surface area contributed by atoms with E-state index < -0.39 is 24.2 Å². The second-order valence-corrected chi connectivity index (χ2v) is 5.91. The maximum Gasteiger partial charge on any atom is 0.488 e. The molecule has 0 bridgehead atoms. The molecule has 126 valence electrons. The fourth-order valence-electron chi connectivity index (χ4n) is 1.90. The Morgan fingerprint density at radius 1 is 1.50 bits per heavy atom. The molecule has 1 amide bonds. The number of carbonyl (C=O) groups excluding carboxylic acids is 1. The van der Waals surface area contributed by atoms with E-state index in [1.54, 1.807) is 6.07 Å². The van der Waals surface area contributed by atoms with Crippen molar-refractivity contribution in [1.82, 2.24) is 5.32 Å². The number of methoxy groups -OCH3 is 1. The number of amides is 1. The van der Waals surface area contributed by atoms with Crippen LogP contribution in [0.5, 0.6) is 5.75 Å². The molecule has 0 spiro atoms. The van der Waals surface area contributed by atoms with Crippen molar-refractivity contribution in [3.05, 3.63) is 23.8 Å². The Bertz CT molecular complexity index is 709. The number of carboxylic acid groups (broad SMARTS) is 1. The number of carbonyl (C=O) groups is 2. The molecular formula is C13H14BN3O6S. The van der Waals surface area contributed by atoms with Gasteiger partial charge in [0.1, 0.15) is 11.0 Å². The zero-order valence-electron chi connectivity index (χ0n) is 12.5. The van der Waals surface area contributed by atoms with Crippen molar-refractivity contribution in [2.75, 3.05) is 7.11 Å². The molecule has 2 rings (SSSR count). The van der Waals surface area contributed by atoms with Crippen LogP contribution in [0.1, 0.15) is 12.0 Å². The third kappa shape index (κ3) is 4.57. The molecule has 1 aromatic rings. The summed E-state index contributed by atoms with van der Waals surface area (Å²) in [6.45, 7) is 0. The summed E-state index contributed by atoms with van der Waals surface area (Å²) in [5, 5.41) is 36.6. The van der Waals surface area contributed by atoms with Crippen LogP contribution in [-0.2, 0) is 9.59 Å². The Labute approximate surface area is 141 Å².